The summed E-state index contributed by atoms with van der Waals surface area (Å²) in [6.07, 6.45) is 1.22. The number of hydrogen-bond donors (Lipinski definition) is 2. The first-order valence-electron chi connectivity index (χ1n) is 7.74. The third-order valence-corrected chi connectivity index (χ3v) is 4.89. The summed E-state index contributed by atoms with van der Waals surface area (Å²) in [5, 5.41) is 3.91. The number of carbonyl (C=O) groups excluding carboxylic acids is 3. The van der Waals surface area contributed by atoms with E-state index in [-0.39, 0.29) is 16.2 Å². The molecule has 0 atom stereocenters. The first kappa shape index (κ1) is 18.3. The van der Waals surface area contributed by atoms with E-state index in [2.05, 4.69) is 0 Å². The van der Waals surface area contributed by atoms with Crippen LogP contribution in [0.2, 0.25) is 0 Å². The van der Waals surface area contributed by atoms with Crippen LogP contribution in [0.5, 0.6) is 5.75 Å². The predicted molar refractivity (Wildman–Crippen MR) is 95.1 cm³/mol. The van der Waals surface area contributed by atoms with Crippen molar-refractivity contribution in [3.05, 3.63) is 65.2 Å². The lowest BCUT2D eigenvalue weighted by Crippen LogP contribution is -2.51. The van der Waals surface area contributed by atoms with Crippen LogP contribution in [-0.2, 0) is 19.7 Å². The number of barbiturate groups is 1. The van der Waals surface area contributed by atoms with Crippen LogP contribution in [-0.4, -0.2) is 26.3 Å². The largest absolute Gasteiger partial charge is 0.379 e. The molecule has 1 saturated heterocycles. The highest BCUT2D eigenvalue weighted by molar-refractivity contribution is 7.87. The minimum Gasteiger partial charge on any atom is -0.379 e. The van der Waals surface area contributed by atoms with Crippen molar-refractivity contribution in [1.29, 1.82) is 0 Å². The lowest BCUT2D eigenvalue weighted by molar-refractivity contribution is -0.123. The Morgan fingerprint density at radius 2 is 1.56 bits per heavy atom. The van der Waals surface area contributed by atoms with Gasteiger partial charge in [-0.3, -0.25) is 20.2 Å². The third-order valence-electron chi connectivity index (χ3n) is 3.63. The van der Waals surface area contributed by atoms with Gasteiger partial charge in [0.2, 0.25) is 0 Å². The van der Waals surface area contributed by atoms with Gasteiger partial charge in [0.05, 0.1) is 0 Å². The molecule has 138 valence electrons. The average Bonchev–Trinajstić information content (AvgIpc) is 2.58. The highest BCUT2D eigenvalue weighted by atomic mass is 32.2. The van der Waals surface area contributed by atoms with E-state index in [9.17, 15) is 22.8 Å². The monoisotopic (exact) mass is 386 g/mol. The normalized spacial score (nSPS) is 14.4. The van der Waals surface area contributed by atoms with Crippen LogP contribution in [0.15, 0.2) is 59.0 Å². The Morgan fingerprint density at radius 1 is 0.926 bits per heavy atom. The summed E-state index contributed by atoms with van der Waals surface area (Å²) in [6, 6.07) is 11.1. The summed E-state index contributed by atoms with van der Waals surface area (Å²) in [4.78, 5) is 34.6. The zero-order valence-electron chi connectivity index (χ0n) is 14.1. The van der Waals surface area contributed by atoms with E-state index in [1.807, 2.05) is 17.6 Å². The Balaban J connectivity index is 1.87. The van der Waals surface area contributed by atoms with Crippen molar-refractivity contribution in [1.82, 2.24) is 10.6 Å². The molecule has 0 aromatic heterocycles. The van der Waals surface area contributed by atoms with E-state index < -0.39 is 28.0 Å². The smallest absolute Gasteiger partial charge is 0.339 e. The van der Waals surface area contributed by atoms with Gasteiger partial charge in [-0.2, -0.15) is 8.42 Å². The van der Waals surface area contributed by atoms with Crippen molar-refractivity contribution < 1.29 is 27.0 Å². The van der Waals surface area contributed by atoms with E-state index in [0.717, 1.165) is 5.56 Å². The maximum atomic E-state index is 12.4. The summed E-state index contributed by atoms with van der Waals surface area (Å²) in [5.41, 5.74) is 0.972. The first-order chi connectivity index (χ1) is 12.7. The zero-order chi connectivity index (χ0) is 19.6. The fourth-order valence-corrected chi connectivity index (χ4v) is 3.23. The Morgan fingerprint density at radius 3 is 2.19 bits per heavy atom. The molecule has 0 aliphatic carbocycles. The molecule has 8 nitrogen and oxygen atoms in total. The van der Waals surface area contributed by atoms with Crippen LogP contribution in [0.4, 0.5) is 4.79 Å². The Bertz CT molecular complexity index is 1050. The van der Waals surface area contributed by atoms with E-state index in [1.165, 1.54) is 36.4 Å². The van der Waals surface area contributed by atoms with E-state index in [0.29, 0.717) is 5.56 Å². The Hall–Kier alpha value is -3.46. The van der Waals surface area contributed by atoms with E-state index in [4.69, 9.17) is 4.18 Å². The van der Waals surface area contributed by atoms with Gasteiger partial charge >= 0.3 is 16.1 Å². The maximum absolute atomic E-state index is 12.4. The van der Waals surface area contributed by atoms with Crippen molar-refractivity contribution in [2.24, 2.45) is 0 Å². The molecule has 0 radical (unpaired) electrons. The van der Waals surface area contributed by atoms with Crippen LogP contribution < -0.4 is 14.8 Å². The number of hydrogen-bond acceptors (Lipinski definition) is 6. The lowest BCUT2D eigenvalue weighted by atomic mass is 10.1. The maximum Gasteiger partial charge on any atom is 0.339 e. The second kappa shape index (κ2) is 7.04. The predicted octanol–water partition coefficient (Wildman–Crippen LogP) is 1.51. The van der Waals surface area contributed by atoms with E-state index in [1.54, 1.807) is 18.2 Å². The second-order valence-electron chi connectivity index (χ2n) is 5.72. The molecule has 4 amide bonds. The van der Waals surface area contributed by atoms with Gasteiger partial charge in [0.15, 0.2) is 0 Å². The van der Waals surface area contributed by atoms with Gasteiger partial charge in [-0.15, -0.1) is 0 Å². The molecule has 1 aliphatic heterocycles. The molecule has 27 heavy (non-hydrogen) atoms. The number of imide groups is 2. The Labute approximate surface area is 155 Å². The second-order valence-corrected chi connectivity index (χ2v) is 7.26. The molecule has 2 N–H and O–H groups in total. The van der Waals surface area contributed by atoms with Crippen molar-refractivity contribution in [3.63, 3.8) is 0 Å². The van der Waals surface area contributed by atoms with E-state index >= 15 is 0 Å². The molecule has 1 fully saturated rings. The lowest BCUT2D eigenvalue weighted by Gasteiger charge is -2.14. The number of amides is 4. The molecule has 0 unspecified atom stereocenters. The minimum absolute atomic E-state index is 0.00130. The van der Waals surface area contributed by atoms with Gasteiger partial charge in [-0.1, -0.05) is 29.8 Å². The molecular weight excluding hydrogens is 372 g/mol. The zero-order valence-corrected chi connectivity index (χ0v) is 14.9. The summed E-state index contributed by atoms with van der Waals surface area (Å²) in [5.74, 6) is -1.68. The highest BCUT2D eigenvalue weighted by Gasteiger charge is 2.27. The molecule has 2 aromatic carbocycles. The van der Waals surface area contributed by atoms with Crippen LogP contribution in [0, 0.1) is 6.92 Å². The quantitative estimate of drug-likeness (QED) is 0.467. The average molecular weight is 386 g/mol. The van der Waals surface area contributed by atoms with Crippen LogP contribution in [0.25, 0.3) is 6.08 Å². The summed E-state index contributed by atoms with van der Waals surface area (Å²) in [7, 11) is -4.03. The van der Waals surface area contributed by atoms with Crippen molar-refractivity contribution in [2.45, 2.75) is 11.8 Å². The van der Waals surface area contributed by atoms with Gasteiger partial charge in [-0.25, -0.2) is 4.79 Å². The molecule has 1 heterocycles. The number of carbonyl (C=O) groups is 3. The standard InChI is InChI=1S/C18H14N2O6S/c1-11-5-7-14(8-6-11)27(24,25)26-13-4-2-3-12(9-13)10-15-16(21)19-18(23)20-17(15)22/h2-10H,1H3,(H2,19,20,21,22,23). The SMILES string of the molecule is Cc1ccc(S(=O)(=O)Oc2cccc(C=C3C(=O)NC(=O)NC3=O)c2)cc1. The summed E-state index contributed by atoms with van der Waals surface area (Å²) >= 11 is 0. The molecule has 0 bridgehead atoms. The van der Waals surface area contributed by atoms with Gasteiger partial charge in [-0.05, 0) is 42.8 Å². The van der Waals surface area contributed by atoms with Crippen LogP contribution >= 0.6 is 0 Å². The fraction of sp³-hybridized carbons (Fsp3) is 0.0556. The third kappa shape index (κ3) is 4.21. The summed E-state index contributed by atoms with van der Waals surface area (Å²) in [6.45, 7) is 1.83. The van der Waals surface area contributed by atoms with Crippen molar-refractivity contribution in [3.8, 4) is 5.75 Å². The van der Waals surface area contributed by atoms with Gasteiger partial charge in [0.1, 0.15) is 16.2 Å². The molecular formula is C18H14N2O6S. The molecule has 0 saturated carbocycles. The number of benzene rings is 2. The van der Waals surface area contributed by atoms with Crippen molar-refractivity contribution in [2.75, 3.05) is 0 Å². The summed E-state index contributed by atoms with van der Waals surface area (Å²) < 4.78 is 29.8. The topological polar surface area (TPSA) is 119 Å². The van der Waals surface area contributed by atoms with Gasteiger partial charge in [0, 0.05) is 0 Å². The highest BCUT2D eigenvalue weighted by Crippen LogP contribution is 2.21. The Kier molecular flexibility index (Phi) is 4.78. The van der Waals surface area contributed by atoms with Crippen molar-refractivity contribution >= 4 is 34.0 Å². The van der Waals surface area contributed by atoms with Gasteiger partial charge in [0.25, 0.3) is 11.8 Å². The molecule has 1 aliphatic rings. The molecule has 3 rings (SSSR count). The molecule has 2 aromatic rings. The van der Waals surface area contributed by atoms with Crippen LogP contribution in [0.3, 0.4) is 0 Å². The number of urea groups is 1. The first-order valence-corrected chi connectivity index (χ1v) is 9.15. The van der Waals surface area contributed by atoms with Gasteiger partial charge < -0.3 is 4.18 Å². The number of nitrogens with one attached hydrogen (secondary N) is 2. The fourth-order valence-electron chi connectivity index (χ4n) is 2.31. The molecule has 0 spiro atoms. The van der Waals surface area contributed by atoms with Crippen LogP contribution in [0.1, 0.15) is 11.1 Å². The molecule has 9 heteroatoms. The number of aryl methyl sites for hydroxylation is 1. The minimum atomic E-state index is -4.03. The number of rotatable bonds is 4.